The number of carbonyl (C=O) groups excluding carboxylic acids is 12. The number of amides is 12. The van der Waals surface area contributed by atoms with E-state index in [9.17, 15) is 57.5 Å². The summed E-state index contributed by atoms with van der Waals surface area (Å²) in [5.74, 6) is -6.40. The number of carbonyl (C=O) groups is 12. The lowest BCUT2D eigenvalue weighted by Crippen LogP contribution is -2.60. The van der Waals surface area contributed by atoms with Gasteiger partial charge in [0.15, 0.2) is 0 Å². The van der Waals surface area contributed by atoms with Gasteiger partial charge >= 0.3 is 36.2 Å². The van der Waals surface area contributed by atoms with Gasteiger partial charge in [0.2, 0.25) is 35.4 Å². The van der Waals surface area contributed by atoms with Gasteiger partial charge in [-0.15, -0.1) is 0 Å². The Hall–Kier alpha value is -10.3. The molecule has 28 heteroatoms. The second kappa shape index (κ2) is 31.3. The normalized spacial score (nSPS) is 19.9. The zero-order valence-corrected chi connectivity index (χ0v) is 55.6. The van der Waals surface area contributed by atoms with Gasteiger partial charge in [-0.25, -0.2) is 19.2 Å². The standard InChI is InChI=1S/C68H86N12O16/c1-41(75(9)65(91)93-39-43-23-15-11-16-24-43)57(83)73-55(67(3,4)5)61(87)77-33-31-47-53(77)49(95-63(89)71-45-27-19-13-20-28-45)37-79(47)51(81)35-69-59(85)60(86)70-36-52(82)80-38-50(96-64(90)72-46-29-21-14-22-30-46)54-48(80)32-34-78(54)62(88)56(68(6,7)8)74-58(84)42(2)76(10)66(92)94-40-44-25-17-12-18-26-44/h11-30,41-42,47-50,53-56H,31-40H2,1-10H3,(H,69,85)(H,70,86)(H,71,89)(H,72,90)(H,73,83)(H,74,84)/t41-,42-,47+,48+,49-,50-,53-,54-,55+,56+/m0/s1. The summed E-state index contributed by atoms with van der Waals surface area (Å²) in [5, 5.41) is 15.6. The van der Waals surface area contributed by atoms with Gasteiger partial charge < -0.3 is 59.8 Å². The molecule has 0 bridgehead atoms. The number of likely N-dealkylation sites (tertiary alicyclic amines) is 4. The Morgan fingerprint density at radius 2 is 0.802 bits per heavy atom. The van der Waals surface area contributed by atoms with E-state index in [0.29, 0.717) is 11.4 Å². The number of fused-ring (bicyclic) bond motifs is 2. The largest absolute Gasteiger partial charge is 0.445 e. The van der Waals surface area contributed by atoms with Gasteiger partial charge in [-0.3, -0.25) is 58.8 Å². The van der Waals surface area contributed by atoms with E-state index in [0.717, 1.165) is 20.9 Å². The van der Waals surface area contributed by atoms with Gasteiger partial charge in [-0.1, -0.05) is 139 Å². The molecule has 0 radical (unpaired) electrons. The number of rotatable bonds is 20. The van der Waals surface area contributed by atoms with Crippen LogP contribution in [0.4, 0.5) is 30.6 Å². The fraction of sp³-hybridized carbons (Fsp3) is 0.471. The molecule has 4 aromatic carbocycles. The highest BCUT2D eigenvalue weighted by Gasteiger charge is 2.57. The fourth-order valence-corrected chi connectivity index (χ4v) is 12.1. The SMILES string of the molecule is C[C@@H](C(=O)N[C@H](C(=O)N1CC[C@@H]2[C@H]1[C@@H](OC(=O)Nc1ccccc1)CN2C(=O)CNC(=O)C(=O)NCC(=O)N1C[C@H](OC(=O)Nc2ccccc2)[C@@H]2[C@H]1CCN2C(=O)[C@@H](NC(=O)[C@H](C)N(C)C(=O)OCc1ccccc1)C(C)(C)C)C(C)(C)C)N(C)C(=O)OCc1ccccc1. The van der Waals surface area contributed by atoms with Crippen LogP contribution in [0.5, 0.6) is 0 Å². The number of likely N-dealkylation sites (N-methyl/N-ethyl adjacent to an activating group) is 2. The molecule has 12 amide bonds. The molecular formula is C68H86N12O16. The Balaban J connectivity index is 0.906. The number of para-hydroxylation sites is 2. The lowest BCUT2D eigenvalue weighted by molar-refractivity contribution is -0.142. The third-order valence-corrected chi connectivity index (χ3v) is 17.6. The van der Waals surface area contributed by atoms with Crippen LogP contribution in [0.2, 0.25) is 0 Å². The Morgan fingerprint density at radius 1 is 0.479 bits per heavy atom. The van der Waals surface area contributed by atoms with Crippen molar-refractivity contribution in [3.05, 3.63) is 132 Å². The van der Waals surface area contributed by atoms with Crippen LogP contribution in [-0.2, 0) is 70.5 Å². The third kappa shape index (κ3) is 17.7. The molecule has 0 aromatic heterocycles. The second-order valence-corrected chi connectivity index (χ2v) is 26.4. The molecule has 514 valence electrons. The highest BCUT2D eigenvalue weighted by atomic mass is 16.6. The predicted octanol–water partition coefficient (Wildman–Crippen LogP) is 4.45. The van der Waals surface area contributed by atoms with Crippen molar-refractivity contribution in [1.82, 2.24) is 50.7 Å². The summed E-state index contributed by atoms with van der Waals surface area (Å²) in [7, 11) is 2.80. The van der Waals surface area contributed by atoms with Gasteiger partial charge in [0, 0.05) is 38.6 Å². The molecule has 28 nitrogen and oxygen atoms in total. The fourth-order valence-electron chi connectivity index (χ4n) is 12.1. The molecule has 0 saturated carbocycles. The van der Waals surface area contributed by atoms with Crippen LogP contribution in [-0.4, -0.2) is 215 Å². The number of ether oxygens (including phenoxy) is 4. The van der Waals surface area contributed by atoms with Gasteiger partial charge in [0.05, 0.1) is 50.3 Å². The average Bonchev–Trinajstić information content (AvgIpc) is 1.60. The van der Waals surface area contributed by atoms with Crippen molar-refractivity contribution in [2.45, 2.75) is 142 Å². The van der Waals surface area contributed by atoms with E-state index in [1.54, 1.807) is 151 Å². The van der Waals surface area contributed by atoms with Crippen LogP contribution < -0.4 is 31.9 Å². The van der Waals surface area contributed by atoms with Crippen molar-refractivity contribution in [1.29, 1.82) is 0 Å². The molecular weight excluding hydrogens is 1240 g/mol. The van der Waals surface area contributed by atoms with E-state index in [4.69, 9.17) is 18.9 Å². The molecule has 8 rings (SSSR count). The van der Waals surface area contributed by atoms with Crippen LogP contribution in [0.15, 0.2) is 121 Å². The molecule has 0 spiro atoms. The van der Waals surface area contributed by atoms with Crippen molar-refractivity contribution >= 4 is 83.0 Å². The number of hydrogen-bond donors (Lipinski definition) is 6. The molecule has 6 N–H and O–H groups in total. The van der Waals surface area contributed by atoms with Crippen LogP contribution in [0.1, 0.15) is 79.4 Å². The van der Waals surface area contributed by atoms with Gasteiger partial charge in [-0.05, 0) is 72.9 Å². The first-order valence-electron chi connectivity index (χ1n) is 31.8. The Morgan fingerprint density at radius 3 is 1.12 bits per heavy atom. The number of nitrogens with one attached hydrogen (secondary N) is 6. The van der Waals surface area contributed by atoms with Gasteiger partial charge in [-0.2, -0.15) is 0 Å². The summed E-state index contributed by atoms with van der Waals surface area (Å²) < 4.78 is 22.8. The van der Waals surface area contributed by atoms with E-state index in [-0.39, 0.29) is 52.2 Å². The predicted molar refractivity (Wildman–Crippen MR) is 348 cm³/mol. The number of hydrogen-bond acceptors (Lipinski definition) is 16. The van der Waals surface area contributed by atoms with Gasteiger partial charge in [0.1, 0.15) is 49.6 Å². The lowest BCUT2D eigenvalue weighted by atomic mass is 9.85. The summed E-state index contributed by atoms with van der Waals surface area (Å²) in [5.41, 5.74) is 0.444. The second-order valence-electron chi connectivity index (χ2n) is 26.4. The first-order chi connectivity index (χ1) is 45.5. The van der Waals surface area contributed by atoms with E-state index >= 15 is 0 Å². The molecule has 10 atom stereocenters. The van der Waals surface area contributed by atoms with E-state index < -0.39 is 156 Å². The monoisotopic (exact) mass is 1330 g/mol. The zero-order chi connectivity index (χ0) is 69.8. The van der Waals surface area contributed by atoms with Crippen LogP contribution in [0.3, 0.4) is 0 Å². The summed E-state index contributed by atoms with van der Waals surface area (Å²) in [6, 6.07) is 26.8. The van der Waals surface area contributed by atoms with Crippen molar-refractivity contribution in [2.24, 2.45) is 10.8 Å². The Labute approximate surface area is 557 Å². The van der Waals surface area contributed by atoms with Crippen LogP contribution in [0, 0.1) is 10.8 Å². The average molecular weight is 1330 g/mol. The van der Waals surface area contributed by atoms with E-state index in [1.807, 2.05) is 12.1 Å². The molecule has 4 aliphatic heterocycles. The maximum atomic E-state index is 14.9. The minimum atomic E-state index is -1.28. The van der Waals surface area contributed by atoms with Crippen LogP contribution >= 0.6 is 0 Å². The first-order valence-corrected chi connectivity index (χ1v) is 31.8. The van der Waals surface area contributed by atoms with Crippen molar-refractivity contribution in [3.8, 4) is 0 Å². The Kier molecular flexibility index (Phi) is 23.3. The summed E-state index contributed by atoms with van der Waals surface area (Å²) in [6.45, 7) is 11.5. The lowest BCUT2D eigenvalue weighted by Gasteiger charge is -2.37. The zero-order valence-electron chi connectivity index (χ0n) is 55.6. The maximum Gasteiger partial charge on any atom is 0.412 e. The molecule has 4 aliphatic rings. The Bertz CT molecular complexity index is 3260. The summed E-state index contributed by atoms with van der Waals surface area (Å²) in [4.78, 5) is 174. The van der Waals surface area contributed by atoms with E-state index in [1.165, 1.54) is 47.5 Å². The van der Waals surface area contributed by atoms with Crippen LogP contribution in [0.25, 0.3) is 0 Å². The quantitative estimate of drug-likeness (QED) is 0.0526. The minimum absolute atomic E-state index is 0.0344. The molecule has 0 unspecified atom stereocenters. The highest BCUT2D eigenvalue weighted by Crippen LogP contribution is 2.38. The molecule has 4 heterocycles. The topological polar surface area (TPSA) is 333 Å². The molecule has 4 saturated heterocycles. The molecule has 4 fully saturated rings. The number of benzene rings is 4. The minimum Gasteiger partial charge on any atom is -0.445 e. The maximum absolute atomic E-state index is 14.9. The smallest absolute Gasteiger partial charge is 0.412 e. The van der Waals surface area contributed by atoms with Crippen molar-refractivity contribution < 1.29 is 76.5 Å². The first kappa shape index (κ1) is 71.6. The molecule has 0 aliphatic carbocycles. The summed E-state index contributed by atoms with van der Waals surface area (Å²) in [6.07, 6.45) is -5.22. The third-order valence-electron chi connectivity index (χ3n) is 17.6. The number of nitrogens with zero attached hydrogens (tertiary/aromatic N) is 6. The van der Waals surface area contributed by atoms with Crippen molar-refractivity contribution in [2.75, 3.05) is 64.0 Å². The molecule has 4 aromatic rings. The number of anilines is 2. The molecule has 96 heavy (non-hydrogen) atoms. The summed E-state index contributed by atoms with van der Waals surface area (Å²) >= 11 is 0. The van der Waals surface area contributed by atoms with Gasteiger partial charge in [0.25, 0.3) is 0 Å². The van der Waals surface area contributed by atoms with E-state index in [2.05, 4.69) is 31.9 Å². The van der Waals surface area contributed by atoms with Crippen molar-refractivity contribution in [3.63, 3.8) is 0 Å². The highest BCUT2D eigenvalue weighted by molar-refractivity contribution is 6.35.